The van der Waals surface area contributed by atoms with Crippen LogP contribution in [0.2, 0.25) is 0 Å². The standard InChI is InChI=1S/C9H19NO3/c1-8(2,3)13-10-6-9(4,5)7(11)12/h10H,6H2,1-5H3,(H,11,12). The highest BCUT2D eigenvalue weighted by molar-refractivity contribution is 5.73. The molecule has 0 aromatic heterocycles. The molecule has 0 radical (unpaired) electrons. The Balaban J connectivity index is 3.84. The maximum absolute atomic E-state index is 10.7. The summed E-state index contributed by atoms with van der Waals surface area (Å²) in [7, 11) is 0. The number of nitrogens with one attached hydrogen (secondary N) is 1. The fraction of sp³-hybridized carbons (Fsp3) is 0.889. The number of carboxylic acids is 1. The predicted octanol–water partition coefficient (Wildman–Crippen LogP) is 1.42. The van der Waals surface area contributed by atoms with Crippen LogP contribution in [-0.4, -0.2) is 23.2 Å². The molecular formula is C9H19NO3. The molecule has 0 aliphatic rings. The van der Waals surface area contributed by atoms with Gasteiger partial charge in [-0.15, -0.1) is 0 Å². The zero-order chi connectivity index (χ0) is 10.7. The van der Waals surface area contributed by atoms with Crippen molar-refractivity contribution >= 4 is 5.97 Å². The molecule has 0 spiro atoms. The van der Waals surface area contributed by atoms with E-state index >= 15 is 0 Å². The third kappa shape index (κ3) is 5.60. The van der Waals surface area contributed by atoms with Crippen molar-refractivity contribution in [3.05, 3.63) is 0 Å². The molecule has 0 fully saturated rings. The van der Waals surface area contributed by atoms with Gasteiger partial charge in [-0.2, -0.15) is 0 Å². The van der Waals surface area contributed by atoms with Gasteiger partial charge in [0.25, 0.3) is 0 Å². The molecule has 0 aliphatic heterocycles. The molecule has 0 atom stereocenters. The van der Waals surface area contributed by atoms with E-state index in [-0.39, 0.29) is 5.60 Å². The molecule has 13 heavy (non-hydrogen) atoms. The highest BCUT2D eigenvalue weighted by atomic mass is 16.7. The lowest BCUT2D eigenvalue weighted by Gasteiger charge is -2.24. The summed E-state index contributed by atoms with van der Waals surface area (Å²) in [5, 5.41) is 8.78. The van der Waals surface area contributed by atoms with Crippen LogP contribution in [0.5, 0.6) is 0 Å². The van der Waals surface area contributed by atoms with Crippen LogP contribution in [0.1, 0.15) is 34.6 Å². The van der Waals surface area contributed by atoms with E-state index in [4.69, 9.17) is 9.94 Å². The largest absolute Gasteiger partial charge is 0.481 e. The Kier molecular flexibility index (Phi) is 3.88. The fourth-order valence-electron chi connectivity index (χ4n) is 0.509. The first-order valence-electron chi connectivity index (χ1n) is 4.29. The molecule has 0 heterocycles. The molecule has 0 rings (SSSR count). The summed E-state index contributed by atoms with van der Waals surface area (Å²) < 4.78 is 0. The monoisotopic (exact) mass is 189 g/mol. The second-order valence-electron chi connectivity index (χ2n) is 4.72. The SMILES string of the molecule is CC(C)(C)ONCC(C)(C)C(=O)O. The van der Waals surface area contributed by atoms with E-state index in [1.54, 1.807) is 13.8 Å². The maximum atomic E-state index is 10.7. The van der Waals surface area contributed by atoms with Crippen LogP contribution in [0.3, 0.4) is 0 Å². The van der Waals surface area contributed by atoms with E-state index in [9.17, 15) is 4.79 Å². The molecule has 4 heteroatoms. The number of carboxylic acid groups (broad SMARTS) is 1. The first-order chi connectivity index (χ1) is 5.65. The van der Waals surface area contributed by atoms with Crippen LogP contribution in [0.4, 0.5) is 0 Å². The number of aliphatic carboxylic acids is 1. The molecule has 0 unspecified atom stereocenters. The van der Waals surface area contributed by atoms with E-state index in [0.717, 1.165) is 0 Å². The summed E-state index contributed by atoms with van der Waals surface area (Å²) in [6.07, 6.45) is 0. The van der Waals surface area contributed by atoms with Crippen LogP contribution in [0.15, 0.2) is 0 Å². The lowest BCUT2D eigenvalue weighted by molar-refractivity contribution is -0.150. The van der Waals surface area contributed by atoms with Crippen molar-refractivity contribution in [1.82, 2.24) is 5.48 Å². The zero-order valence-corrected chi connectivity index (χ0v) is 8.97. The minimum atomic E-state index is -0.836. The summed E-state index contributed by atoms with van der Waals surface area (Å²) in [5.41, 5.74) is 1.57. The number of rotatable bonds is 4. The Bertz CT molecular complexity index is 182. The second kappa shape index (κ2) is 4.07. The normalized spacial score (nSPS) is 13.0. The maximum Gasteiger partial charge on any atom is 0.310 e. The summed E-state index contributed by atoms with van der Waals surface area (Å²) in [5.74, 6) is -0.836. The quantitative estimate of drug-likeness (QED) is 0.657. The van der Waals surface area contributed by atoms with E-state index in [1.165, 1.54) is 0 Å². The van der Waals surface area contributed by atoms with E-state index < -0.39 is 11.4 Å². The molecular weight excluding hydrogens is 170 g/mol. The molecule has 2 N–H and O–H groups in total. The Morgan fingerprint density at radius 3 is 2.08 bits per heavy atom. The fourth-order valence-corrected chi connectivity index (χ4v) is 0.509. The number of hydrogen-bond donors (Lipinski definition) is 2. The molecule has 0 amide bonds. The van der Waals surface area contributed by atoms with Gasteiger partial charge in [-0.3, -0.25) is 9.63 Å². The van der Waals surface area contributed by atoms with Crippen LogP contribution < -0.4 is 5.48 Å². The van der Waals surface area contributed by atoms with Gasteiger partial charge in [-0.05, 0) is 34.6 Å². The van der Waals surface area contributed by atoms with E-state index in [0.29, 0.717) is 6.54 Å². The van der Waals surface area contributed by atoms with Gasteiger partial charge in [0.05, 0.1) is 11.0 Å². The third-order valence-corrected chi connectivity index (χ3v) is 1.47. The van der Waals surface area contributed by atoms with Crippen LogP contribution in [-0.2, 0) is 9.63 Å². The lowest BCUT2D eigenvalue weighted by Crippen LogP contribution is -2.39. The molecule has 0 aliphatic carbocycles. The minimum Gasteiger partial charge on any atom is -0.481 e. The second-order valence-corrected chi connectivity index (χ2v) is 4.72. The van der Waals surface area contributed by atoms with Gasteiger partial charge in [-0.1, -0.05) is 0 Å². The highest BCUT2D eigenvalue weighted by Crippen LogP contribution is 2.14. The number of hydrogen-bond acceptors (Lipinski definition) is 3. The molecule has 4 nitrogen and oxygen atoms in total. The smallest absolute Gasteiger partial charge is 0.310 e. The summed E-state index contributed by atoms with van der Waals surface area (Å²) >= 11 is 0. The molecule has 0 saturated heterocycles. The van der Waals surface area contributed by atoms with Gasteiger partial charge < -0.3 is 5.11 Å². The van der Waals surface area contributed by atoms with Gasteiger partial charge in [0.2, 0.25) is 0 Å². The molecule has 0 bridgehead atoms. The van der Waals surface area contributed by atoms with Crippen molar-refractivity contribution in [3.8, 4) is 0 Å². The molecule has 0 saturated carbocycles. The van der Waals surface area contributed by atoms with Crippen molar-refractivity contribution in [1.29, 1.82) is 0 Å². The Hall–Kier alpha value is -0.610. The van der Waals surface area contributed by atoms with Gasteiger partial charge >= 0.3 is 5.97 Å². The van der Waals surface area contributed by atoms with Crippen molar-refractivity contribution in [3.63, 3.8) is 0 Å². The van der Waals surface area contributed by atoms with Crippen molar-refractivity contribution < 1.29 is 14.7 Å². The van der Waals surface area contributed by atoms with Crippen LogP contribution >= 0.6 is 0 Å². The van der Waals surface area contributed by atoms with Crippen LogP contribution in [0, 0.1) is 5.41 Å². The van der Waals surface area contributed by atoms with Gasteiger partial charge in [0.15, 0.2) is 0 Å². The Morgan fingerprint density at radius 2 is 1.77 bits per heavy atom. The summed E-state index contributed by atoms with van der Waals surface area (Å²) in [6.45, 7) is 9.28. The van der Waals surface area contributed by atoms with Crippen LogP contribution in [0.25, 0.3) is 0 Å². The van der Waals surface area contributed by atoms with Gasteiger partial charge in [0, 0.05) is 6.54 Å². The van der Waals surface area contributed by atoms with Crippen molar-refractivity contribution in [2.75, 3.05) is 6.54 Å². The average molecular weight is 189 g/mol. The molecule has 78 valence electrons. The molecule has 0 aromatic rings. The lowest BCUT2D eigenvalue weighted by atomic mass is 9.94. The number of carbonyl (C=O) groups is 1. The minimum absolute atomic E-state index is 0.291. The first-order valence-corrected chi connectivity index (χ1v) is 4.29. The van der Waals surface area contributed by atoms with E-state index in [2.05, 4.69) is 5.48 Å². The first kappa shape index (κ1) is 12.4. The summed E-state index contributed by atoms with van der Waals surface area (Å²) in [6, 6.07) is 0. The van der Waals surface area contributed by atoms with Crippen molar-refractivity contribution in [2.45, 2.75) is 40.2 Å². The van der Waals surface area contributed by atoms with Gasteiger partial charge in [-0.25, -0.2) is 5.48 Å². The van der Waals surface area contributed by atoms with Gasteiger partial charge in [0.1, 0.15) is 0 Å². The average Bonchev–Trinajstić information content (AvgIpc) is 1.82. The topological polar surface area (TPSA) is 58.6 Å². The third-order valence-electron chi connectivity index (χ3n) is 1.47. The number of hydroxylamine groups is 1. The van der Waals surface area contributed by atoms with Crippen molar-refractivity contribution in [2.24, 2.45) is 5.41 Å². The highest BCUT2D eigenvalue weighted by Gasteiger charge is 2.27. The Morgan fingerprint density at radius 1 is 1.31 bits per heavy atom. The Labute approximate surface area is 79.2 Å². The predicted molar refractivity (Wildman–Crippen MR) is 50.3 cm³/mol. The summed E-state index contributed by atoms with van der Waals surface area (Å²) in [4.78, 5) is 15.9. The zero-order valence-electron chi connectivity index (χ0n) is 8.97. The molecule has 0 aromatic carbocycles. The van der Waals surface area contributed by atoms with E-state index in [1.807, 2.05) is 20.8 Å².